The zero-order chi connectivity index (χ0) is 17.1. The Kier molecular flexibility index (Phi) is 4.95. The summed E-state index contributed by atoms with van der Waals surface area (Å²) in [6.45, 7) is 3.95. The van der Waals surface area contributed by atoms with Crippen molar-refractivity contribution in [1.29, 1.82) is 0 Å². The first-order chi connectivity index (χ1) is 12.3. The van der Waals surface area contributed by atoms with E-state index in [-0.39, 0.29) is 6.04 Å². The molecule has 0 saturated carbocycles. The van der Waals surface area contributed by atoms with E-state index in [1.807, 2.05) is 6.07 Å². The molecule has 1 aromatic heterocycles. The molecular weight excluding hydrogens is 310 g/mol. The van der Waals surface area contributed by atoms with Crippen LogP contribution in [0.3, 0.4) is 0 Å². The molecule has 1 atom stereocenters. The third-order valence-corrected chi connectivity index (χ3v) is 5.17. The molecule has 5 nitrogen and oxygen atoms in total. The number of fused-ring (bicyclic) bond motifs is 1. The quantitative estimate of drug-likeness (QED) is 0.892. The van der Waals surface area contributed by atoms with Crippen LogP contribution in [0, 0.1) is 0 Å². The fourth-order valence-corrected chi connectivity index (χ4v) is 3.90. The highest BCUT2D eigenvalue weighted by Gasteiger charge is 2.24. The van der Waals surface area contributed by atoms with Crippen LogP contribution in [0.15, 0.2) is 30.3 Å². The Balaban J connectivity index is 1.70. The zero-order valence-corrected chi connectivity index (χ0v) is 14.7. The Bertz CT molecular complexity index is 716. The minimum Gasteiger partial charge on any atom is -0.355 e. The van der Waals surface area contributed by atoms with Crippen LogP contribution in [0.2, 0.25) is 0 Å². The summed E-state index contributed by atoms with van der Waals surface area (Å²) >= 11 is 0. The molecule has 1 aromatic carbocycles. The van der Waals surface area contributed by atoms with Gasteiger partial charge in [-0.2, -0.15) is 0 Å². The lowest BCUT2D eigenvalue weighted by atomic mass is 10.0. The molecule has 0 amide bonds. The second-order valence-electron chi connectivity index (χ2n) is 7.15. The van der Waals surface area contributed by atoms with Crippen LogP contribution < -0.4 is 16.0 Å². The second-order valence-corrected chi connectivity index (χ2v) is 7.15. The number of piperidine rings is 1. The number of anilines is 1. The number of nitrogens with two attached hydrogens (primary N) is 1. The average Bonchev–Trinajstić information content (AvgIpc) is 2.87. The summed E-state index contributed by atoms with van der Waals surface area (Å²) in [6.07, 6.45) is 5.03. The molecule has 2 aliphatic rings. The second kappa shape index (κ2) is 7.50. The maximum Gasteiger partial charge on any atom is 0.135 e. The van der Waals surface area contributed by atoms with Gasteiger partial charge in [0.05, 0.1) is 5.69 Å². The maximum absolute atomic E-state index is 6.23. The van der Waals surface area contributed by atoms with Crippen molar-refractivity contribution in [2.45, 2.75) is 38.1 Å². The summed E-state index contributed by atoms with van der Waals surface area (Å²) in [5.41, 5.74) is 10.0. The Labute approximate surface area is 149 Å². The SMILES string of the molecule is NC1CCCN(c2nc(Cc3ccccc3)nc3c2CCNCC3)C1. The highest BCUT2D eigenvalue weighted by atomic mass is 15.2. The normalized spacial score (nSPS) is 20.8. The molecule has 2 aliphatic heterocycles. The molecule has 4 rings (SSSR count). The molecule has 0 spiro atoms. The van der Waals surface area contributed by atoms with Gasteiger partial charge >= 0.3 is 0 Å². The van der Waals surface area contributed by atoms with E-state index in [9.17, 15) is 0 Å². The molecule has 132 valence electrons. The van der Waals surface area contributed by atoms with Crippen LogP contribution in [-0.2, 0) is 19.3 Å². The van der Waals surface area contributed by atoms with E-state index >= 15 is 0 Å². The van der Waals surface area contributed by atoms with Crippen molar-refractivity contribution >= 4 is 5.82 Å². The zero-order valence-electron chi connectivity index (χ0n) is 14.7. The molecule has 1 saturated heterocycles. The van der Waals surface area contributed by atoms with E-state index < -0.39 is 0 Å². The largest absolute Gasteiger partial charge is 0.355 e. The highest BCUT2D eigenvalue weighted by Crippen LogP contribution is 2.26. The maximum atomic E-state index is 6.23. The van der Waals surface area contributed by atoms with Gasteiger partial charge in [-0.15, -0.1) is 0 Å². The molecule has 2 aromatic rings. The van der Waals surface area contributed by atoms with Crippen LogP contribution >= 0.6 is 0 Å². The lowest BCUT2D eigenvalue weighted by Gasteiger charge is -2.33. The van der Waals surface area contributed by atoms with Gasteiger partial charge in [0.1, 0.15) is 11.6 Å². The number of nitrogens with zero attached hydrogens (tertiary/aromatic N) is 3. The molecule has 0 aliphatic carbocycles. The average molecular weight is 337 g/mol. The Hall–Kier alpha value is -1.98. The Morgan fingerprint density at radius 3 is 2.80 bits per heavy atom. The van der Waals surface area contributed by atoms with Gasteiger partial charge in [0.15, 0.2) is 0 Å². The topological polar surface area (TPSA) is 67.1 Å². The van der Waals surface area contributed by atoms with Gasteiger partial charge in [0.25, 0.3) is 0 Å². The third-order valence-electron chi connectivity index (χ3n) is 5.17. The van der Waals surface area contributed by atoms with Crippen LogP contribution in [0.5, 0.6) is 0 Å². The van der Waals surface area contributed by atoms with Crippen LogP contribution in [-0.4, -0.2) is 42.2 Å². The fraction of sp³-hybridized carbons (Fsp3) is 0.500. The summed E-state index contributed by atoms with van der Waals surface area (Å²) in [6, 6.07) is 10.7. The fourth-order valence-electron chi connectivity index (χ4n) is 3.90. The van der Waals surface area contributed by atoms with Crippen molar-refractivity contribution in [3.63, 3.8) is 0 Å². The molecular formula is C20H27N5. The van der Waals surface area contributed by atoms with Crippen molar-refractivity contribution in [2.24, 2.45) is 5.73 Å². The first-order valence-electron chi connectivity index (χ1n) is 9.43. The minimum atomic E-state index is 0.251. The number of rotatable bonds is 3. The number of hydrogen-bond acceptors (Lipinski definition) is 5. The number of aromatic nitrogens is 2. The predicted molar refractivity (Wildman–Crippen MR) is 101 cm³/mol. The van der Waals surface area contributed by atoms with E-state index in [2.05, 4.69) is 34.5 Å². The first-order valence-corrected chi connectivity index (χ1v) is 9.43. The Morgan fingerprint density at radius 1 is 1.12 bits per heavy atom. The summed E-state index contributed by atoms with van der Waals surface area (Å²) in [7, 11) is 0. The van der Waals surface area contributed by atoms with Crippen molar-refractivity contribution in [3.05, 3.63) is 53.0 Å². The summed E-state index contributed by atoms with van der Waals surface area (Å²) in [5, 5.41) is 3.49. The smallest absolute Gasteiger partial charge is 0.135 e. The van der Waals surface area contributed by atoms with Crippen molar-refractivity contribution < 1.29 is 0 Å². The monoisotopic (exact) mass is 337 g/mol. The lowest BCUT2D eigenvalue weighted by Crippen LogP contribution is -2.43. The highest BCUT2D eigenvalue weighted by molar-refractivity contribution is 5.51. The van der Waals surface area contributed by atoms with Crippen LogP contribution in [0.1, 0.15) is 35.5 Å². The van der Waals surface area contributed by atoms with Gasteiger partial charge in [-0.05, 0) is 31.4 Å². The first kappa shape index (κ1) is 16.5. The molecule has 0 bridgehead atoms. The number of benzene rings is 1. The molecule has 25 heavy (non-hydrogen) atoms. The molecule has 0 radical (unpaired) electrons. The molecule has 3 N–H and O–H groups in total. The summed E-state index contributed by atoms with van der Waals surface area (Å²) in [4.78, 5) is 12.3. The predicted octanol–water partition coefficient (Wildman–Crippen LogP) is 1.68. The third kappa shape index (κ3) is 3.83. The van der Waals surface area contributed by atoms with Gasteiger partial charge in [-0.1, -0.05) is 30.3 Å². The van der Waals surface area contributed by atoms with Gasteiger partial charge in [0, 0.05) is 44.1 Å². The van der Waals surface area contributed by atoms with Crippen LogP contribution in [0.25, 0.3) is 0 Å². The Morgan fingerprint density at radius 2 is 1.96 bits per heavy atom. The summed E-state index contributed by atoms with van der Waals surface area (Å²) in [5.74, 6) is 2.07. The molecule has 3 heterocycles. The van der Waals surface area contributed by atoms with E-state index in [0.717, 1.165) is 69.9 Å². The van der Waals surface area contributed by atoms with Gasteiger partial charge in [-0.3, -0.25) is 0 Å². The van der Waals surface area contributed by atoms with Crippen molar-refractivity contribution in [2.75, 3.05) is 31.1 Å². The van der Waals surface area contributed by atoms with E-state index in [1.165, 1.54) is 16.8 Å². The summed E-state index contributed by atoms with van der Waals surface area (Å²) < 4.78 is 0. The van der Waals surface area contributed by atoms with Crippen LogP contribution in [0.4, 0.5) is 5.82 Å². The van der Waals surface area contributed by atoms with E-state index in [0.29, 0.717) is 0 Å². The molecule has 1 unspecified atom stereocenters. The van der Waals surface area contributed by atoms with Gasteiger partial charge in [0.2, 0.25) is 0 Å². The molecule has 1 fully saturated rings. The van der Waals surface area contributed by atoms with Gasteiger partial charge < -0.3 is 16.0 Å². The number of hydrogen-bond donors (Lipinski definition) is 2. The lowest BCUT2D eigenvalue weighted by molar-refractivity contribution is 0.501. The molecule has 5 heteroatoms. The van der Waals surface area contributed by atoms with E-state index in [4.69, 9.17) is 15.7 Å². The van der Waals surface area contributed by atoms with Crippen molar-refractivity contribution in [1.82, 2.24) is 15.3 Å². The standard InChI is InChI=1S/C20H27N5/c21-16-7-4-12-25(14-16)20-17-8-10-22-11-9-18(17)23-19(24-20)13-15-5-2-1-3-6-15/h1-3,5-6,16,22H,4,7-14,21H2. The van der Waals surface area contributed by atoms with Crippen molar-refractivity contribution in [3.8, 4) is 0 Å². The van der Waals surface area contributed by atoms with E-state index in [1.54, 1.807) is 0 Å². The number of nitrogens with one attached hydrogen (secondary N) is 1. The minimum absolute atomic E-state index is 0.251. The van der Waals surface area contributed by atoms with Gasteiger partial charge in [-0.25, -0.2) is 9.97 Å².